The highest BCUT2D eigenvalue weighted by atomic mass is 16.4. The number of carbonyl (C=O) groups excluding carboxylic acids is 2. The fourth-order valence-electron chi connectivity index (χ4n) is 3.41. The van der Waals surface area contributed by atoms with Crippen LogP contribution < -0.4 is 10.6 Å². The third-order valence-electron chi connectivity index (χ3n) is 4.81. The molecule has 7 heteroatoms. The second-order valence-corrected chi connectivity index (χ2v) is 6.65. The zero-order valence-electron chi connectivity index (χ0n) is 14.1. The lowest BCUT2D eigenvalue weighted by Gasteiger charge is -2.27. The number of hydrogen-bond acceptors (Lipinski definition) is 4. The van der Waals surface area contributed by atoms with Gasteiger partial charge in [0.25, 0.3) is 11.8 Å². The van der Waals surface area contributed by atoms with Gasteiger partial charge in [-0.15, -0.1) is 0 Å². The molecule has 7 nitrogen and oxygen atoms in total. The van der Waals surface area contributed by atoms with Gasteiger partial charge in [0.2, 0.25) is 0 Å². The van der Waals surface area contributed by atoms with Gasteiger partial charge in [0, 0.05) is 30.8 Å². The Kier molecular flexibility index (Phi) is 5.33. The highest BCUT2D eigenvalue weighted by molar-refractivity contribution is 6.02. The Hall–Kier alpha value is -2.41. The average Bonchev–Trinajstić information content (AvgIpc) is 2.91. The van der Waals surface area contributed by atoms with Crippen molar-refractivity contribution in [3.63, 3.8) is 0 Å². The van der Waals surface area contributed by atoms with E-state index in [2.05, 4.69) is 10.6 Å². The molecule has 2 amide bonds. The molecule has 1 aromatic rings. The molecule has 2 aliphatic heterocycles. The highest BCUT2D eigenvalue weighted by Crippen LogP contribution is 2.26. The second kappa shape index (κ2) is 7.65. The number of fused-ring (bicyclic) bond motifs is 1. The van der Waals surface area contributed by atoms with E-state index >= 15 is 0 Å². The molecule has 25 heavy (non-hydrogen) atoms. The summed E-state index contributed by atoms with van der Waals surface area (Å²) >= 11 is 0. The van der Waals surface area contributed by atoms with Crippen LogP contribution in [0.4, 0.5) is 0 Å². The largest absolute Gasteiger partial charge is 0.481 e. The number of carboxylic acid groups (broad SMARTS) is 1. The molecule has 0 aromatic heterocycles. The van der Waals surface area contributed by atoms with E-state index in [4.69, 9.17) is 5.11 Å². The first-order valence-corrected chi connectivity index (χ1v) is 8.67. The summed E-state index contributed by atoms with van der Waals surface area (Å²) in [7, 11) is 0. The van der Waals surface area contributed by atoms with Crippen molar-refractivity contribution in [2.75, 3.05) is 26.2 Å². The van der Waals surface area contributed by atoms with Crippen molar-refractivity contribution in [3.05, 3.63) is 34.9 Å². The van der Waals surface area contributed by atoms with E-state index in [0.29, 0.717) is 23.6 Å². The molecule has 1 saturated heterocycles. The molecular weight excluding hydrogens is 322 g/mol. The molecule has 0 aliphatic carbocycles. The number of piperidine rings is 1. The van der Waals surface area contributed by atoms with E-state index in [1.807, 2.05) is 11.0 Å². The predicted octanol–water partition coefficient (Wildman–Crippen LogP) is 0.846. The van der Waals surface area contributed by atoms with Crippen molar-refractivity contribution < 1.29 is 19.5 Å². The van der Waals surface area contributed by atoms with E-state index < -0.39 is 5.97 Å². The van der Waals surface area contributed by atoms with E-state index in [0.717, 1.165) is 38.0 Å². The van der Waals surface area contributed by atoms with Crippen LogP contribution in [-0.2, 0) is 11.3 Å². The topological polar surface area (TPSA) is 98.7 Å². The fraction of sp³-hybridized carbons (Fsp3) is 0.500. The summed E-state index contributed by atoms with van der Waals surface area (Å²) in [4.78, 5) is 37.1. The predicted molar refractivity (Wildman–Crippen MR) is 91.4 cm³/mol. The van der Waals surface area contributed by atoms with Crippen molar-refractivity contribution in [2.45, 2.75) is 25.8 Å². The molecule has 1 aromatic carbocycles. The first-order valence-electron chi connectivity index (χ1n) is 8.67. The van der Waals surface area contributed by atoms with Crippen LogP contribution in [0.5, 0.6) is 0 Å². The lowest BCUT2D eigenvalue weighted by molar-refractivity contribution is -0.136. The Bertz CT molecular complexity index is 683. The number of carboxylic acids is 1. The number of nitrogens with zero attached hydrogens (tertiary/aromatic N) is 1. The Labute approximate surface area is 146 Å². The van der Waals surface area contributed by atoms with Gasteiger partial charge in [-0.2, -0.15) is 0 Å². The number of aliphatic carboxylic acids is 1. The highest BCUT2D eigenvalue weighted by Gasteiger charge is 2.30. The van der Waals surface area contributed by atoms with E-state index in [9.17, 15) is 14.4 Å². The summed E-state index contributed by atoms with van der Waals surface area (Å²) in [6.45, 7) is 3.43. The molecule has 3 rings (SSSR count). The lowest BCUT2D eigenvalue weighted by Crippen LogP contribution is -2.36. The zero-order valence-corrected chi connectivity index (χ0v) is 14.1. The van der Waals surface area contributed by atoms with Gasteiger partial charge in [-0.05, 0) is 49.5 Å². The van der Waals surface area contributed by atoms with Gasteiger partial charge < -0.3 is 20.6 Å². The van der Waals surface area contributed by atoms with Crippen LogP contribution in [0.1, 0.15) is 45.5 Å². The maximum absolute atomic E-state index is 12.6. The normalized spacial score (nSPS) is 17.4. The molecule has 2 aliphatic rings. The molecule has 3 N–H and O–H groups in total. The summed E-state index contributed by atoms with van der Waals surface area (Å²) < 4.78 is 0. The maximum atomic E-state index is 12.6. The molecule has 2 heterocycles. The van der Waals surface area contributed by atoms with E-state index in [1.165, 1.54) is 0 Å². The fourth-order valence-corrected chi connectivity index (χ4v) is 3.41. The van der Waals surface area contributed by atoms with Gasteiger partial charge in [-0.3, -0.25) is 14.4 Å². The first kappa shape index (κ1) is 17.4. The monoisotopic (exact) mass is 345 g/mol. The van der Waals surface area contributed by atoms with Gasteiger partial charge in [-0.1, -0.05) is 6.07 Å². The van der Waals surface area contributed by atoms with Gasteiger partial charge in [0.15, 0.2) is 0 Å². The summed E-state index contributed by atoms with van der Waals surface area (Å²) in [5.41, 5.74) is 1.92. The van der Waals surface area contributed by atoms with Crippen molar-refractivity contribution in [3.8, 4) is 0 Å². The zero-order chi connectivity index (χ0) is 17.8. The SMILES string of the molecule is O=C(O)CCNC(=O)c1ccc2c(c1)C(=O)N(CC1CCNCC1)C2. The van der Waals surface area contributed by atoms with Gasteiger partial charge in [0.1, 0.15) is 0 Å². The van der Waals surface area contributed by atoms with Crippen LogP contribution in [0.3, 0.4) is 0 Å². The molecule has 0 unspecified atom stereocenters. The van der Waals surface area contributed by atoms with E-state index in [-0.39, 0.29) is 24.8 Å². The quantitative estimate of drug-likeness (QED) is 0.710. The van der Waals surface area contributed by atoms with Crippen LogP contribution >= 0.6 is 0 Å². The third kappa shape index (κ3) is 4.17. The molecule has 0 bridgehead atoms. The van der Waals surface area contributed by atoms with Crippen LogP contribution in [-0.4, -0.2) is 54.0 Å². The Morgan fingerprint density at radius 3 is 2.76 bits per heavy atom. The van der Waals surface area contributed by atoms with Crippen LogP contribution in [0.15, 0.2) is 18.2 Å². The van der Waals surface area contributed by atoms with Gasteiger partial charge >= 0.3 is 5.97 Å². The number of rotatable bonds is 6. The first-order chi connectivity index (χ1) is 12.0. The van der Waals surface area contributed by atoms with Gasteiger partial charge in [0.05, 0.1) is 6.42 Å². The molecule has 134 valence electrons. The number of nitrogens with one attached hydrogen (secondary N) is 2. The smallest absolute Gasteiger partial charge is 0.305 e. The maximum Gasteiger partial charge on any atom is 0.305 e. The van der Waals surface area contributed by atoms with Crippen LogP contribution in [0, 0.1) is 5.92 Å². The number of benzene rings is 1. The number of hydrogen-bond donors (Lipinski definition) is 3. The summed E-state index contributed by atoms with van der Waals surface area (Å²) in [6, 6.07) is 5.13. The van der Waals surface area contributed by atoms with Crippen LogP contribution in [0.25, 0.3) is 0 Å². The lowest BCUT2D eigenvalue weighted by atomic mass is 9.98. The number of amides is 2. The minimum Gasteiger partial charge on any atom is -0.481 e. The summed E-state index contributed by atoms with van der Waals surface area (Å²) in [5.74, 6) is -0.807. The van der Waals surface area contributed by atoms with Crippen molar-refractivity contribution in [1.82, 2.24) is 15.5 Å². The standard InChI is InChI=1S/C18H23N3O4/c22-16(23)5-8-20-17(24)13-1-2-14-11-21(18(25)15(14)9-13)10-12-3-6-19-7-4-12/h1-2,9,12,19H,3-8,10-11H2,(H,20,24)(H,22,23). The Morgan fingerprint density at radius 2 is 2.04 bits per heavy atom. The third-order valence-corrected chi connectivity index (χ3v) is 4.81. The second-order valence-electron chi connectivity index (χ2n) is 6.65. The molecule has 1 fully saturated rings. The summed E-state index contributed by atoms with van der Waals surface area (Å²) in [6.07, 6.45) is 2.04. The molecule has 0 radical (unpaired) electrons. The molecule has 0 saturated carbocycles. The average molecular weight is 345 g/mol. The van der Waals surface area contributed by atoms with Crippen molar-refractivity contribution in [1.29, 1.82) is 0 Å². The van der Waals surface area contributed by atoms with Crippen molar-refractivity contribution >= 4 is 17.8 Å². The minimum atomic E-state index is -0.960. The number of carbonyl (C=O) groups is 3. The Balaban J connectivity index is 1.63. The van der Waals surface area contributed by atoms with Crippen molar-refractivity contribution in [2.24, 2.45) is 5.92 Å². The minimum absolute atomic E-state index is 0.0197. The van der Waals surface area contributed by atoms with Gasteiger partial charge in [-0.25, -0.2) is 0 Å². The van der Waals surface area contributed by atoms with E-state index in [1.54, 1.807) is 12.1 Å². The Morgan fingerprint density at radius 1 is 1.28 bits per heavy atom. The summed E-state index contributed by atoms with van der Waals surface area (Å²) in [5, 5.41) is 14.5. The molecular formula is C18H23N3O4. The van der Waals surface area contributed by atoms with Crippen LogP contribution in [0.2, 0.25) is 0 Å². The molecule has 0 atom stereocenters. The molecule has 0 spiro atoms.